The van der Waals surface area contributed by atoms with E-state index in [1.165, 1.54) is 0 Å². The van der Waals surface area contributed by atoms with Crippen molar-refractivity contribution < 1.29 is 19.3 Å². The van der Waals surface area contributed by atoms with Crippen LogP contribution in [0.4, 0.5) is 0 Å². The van der Waals surface area contributed by atoms with Gasteiger partial charge < -0.3 is 19.3 Å². The molecule has 1 saturated heterocycles. The topological polar surface area (TPSA) is 69.0 Å². The predicted molar refractivity (Wildman–Crippen MR) is 97.4 cm³/mol. The fourth-order valence-electron chi connectivity index (χ4n) is 3.45. The van der Waals surface area contributed by atoms with Gasteiger partial charge >= 0.3 is 0 Å². The lowest BCUT2D eigenvalue weighted by atomic mass is 9.97. The second-order valence-electron chi connectivity index (χ2n) is 6.28. The maximum atomic E-state index is 9.85. The van der Waals surface area contributed by atoms with E-state index in [0.29, 0.717) is 24.7 Å². The van der Waals surface area contributed by atoms with Crippen LogP contribution in [0.15, 0.2) is 30.5 Å². The van der Waals surface area contributed by atoms with Crippen LogP contribution in [0.1, 0.15) is 24.2 Å². The van der Waals surface area contributed by atoms with Crippen LogP contribution in [0.2, 0.25) is 0 Å². The molecule has 1 aromatic carbocycles. The van der Waals surface area contributed by atoms with Gasteiger partial charge in [-0.2, -0.15) is 5.10 Å². The van der Waals surface area contributed by atoms with Crippen molar-refractivity contribution >= 4 is 0 Å². The molecule has 1 N–H and O–H groups in total. The van der Waals surface area contributed by atoms with E-state index < -0.39 is 0 Å². The third kappa shape index (κ3) is 3.85. The third-order valence-corrected chi connectivity index (χ3v) is 4.77. The van der Waals surface area contributed by atoms with Crippen LogP contribution in [-0.2, 0) is 17.8 Å². The van der Waals surface area contributed by atoms with Crippen LogP contribution < -0.4 is 9.47 Å². The summed E-state index contributed by atoms with van der Waals surface area (Å²) in [5.74, 6) is 1.35. The van der Waals surface area contributed by atoms with Gasteiger partial charge in [0, 0.05) is 25.8 Å². The summed E-state index contributed by atoms with van der Waals surface area (Å²) in [5.41, 5.74) is 2.03. The van der Waals surface area contributed by atoms with Crippen LogP contribution in [0.3, 0.4) is 0 Å². The number of ether oxygens (including phenoxy) is 3. The Morgan fingerprint density at radius 3 is 2.69 bits per heavy atom. The summed E-state index contributed by atoms with van der Waals surface area (Å²) in [6.45, 7) is 4.93. The summed E-state index contributed by atoms with van der Waals surface area (Å²) in [6.07, 6.45) is 1.69. The molecule has 26 heavy (non-hydrogen) atoms. The highest BCUT2D eigenvalue weighted by atomic mass is 16.5. The number of hydrogen-bond acceptors (Lipinski definition) is 6. The molecule has 0 amide bonds. The molecule has 0 spiro atoms. The summed E-state index contributed by atoms with van der Waals surface area (Å²) in [7, 11) is 3.24. The standard InChI is InChI=1S/C19H27N3O4/c1-4-22-8-7-15(20-22)12-21-9-10-26-18(13-23)19(21)14-5-6-16(24-2)17(11-14)25-3/h5-8,11,18-19,23H,4,9-10,12-13H2,1-3H3/t18-,19-/m1/s1. The minimum atomic E-state index is -0.296. The Morgan fingerprint density at radius 1 is 1.23 bits per heavy atom. The van der Waals surface area contributed by atoms with E-state index in [2.05, 4.69) is 16.9 Å². The van der Waals surface area contributed by atoms with E-state index in [4.69, 9.17) is 14.2 Å². The Bertz CT molecular complexity index is 719. The van der Waals surface area contributed by atoms with Crippen LogP contribution in [-0.4, -0.2) is 59.9 Å². The van der Waals surface area contributed by atoms with Crippen molar-refractivity contribution in [3.63, 3.8) is 0 Å². The molecule has 0 radical (unpaired) electrons. The molecule has 1 aliphatic rings. The molecule has 1 fully saturated rings. The molecule has 3 rings (SSSR count). The SMILES string of the molecule is CCn1ccc(CN2CCO[C@H](CO)[C@H]2c2ccc(OC)c(OC)c2)n1. The van der Waals surface area contributed by atoms with E-state index in [1.54, 1.807) is 14.2 Å². The van der Waals surface area contributed by atoms with Gasteiger partial charge in [-0.25, -0.2) is 0 Å². The number of rotatable bonds is 7. The molecule has 1 aromatic heterocycles. The first kappa shape index (κ1) is 18.7. The maximum absolute atomic E-state index is 9.85. The lowest BCUT2D eigenvalue weighted by molar-refractivity contribution is -0.0964. The zero-order valence-electron chi connectivity index (χ0n) is 15.6. The molecule has 2 atom stereocenters. The van der Waals surface area contributed by atoms with Gasteiger partial charge in [-0.1, -0.05) is 6.07 Å². The summed E-state index contributed by atoms with van der Waals surface area (Å²) < 4.78 is 18.5. The number of morpholine rings is 1. The highest BCUT2D eigenvalue weighted by molar-refractivity contribution is 5.44. The average molecular weight is 361 g/mol. The van der Waals surface area contributed by atoms with Crippen molar-refractivity contribution in [2.24, 2.45) is 0 Å². The molecular weight excluding hydrogens is 334 g/mol. The van der Waals surface area contributed by atoms with Crippen LogP contribution in [0.5, 0.6) is 11.5 Å². The smallest absolute Gasteiger partial charge is 0.161 e. The van der Waals surface area contributed by atoms with Gasteiger partial charge in [-0.3, -0.25) is 9.58 Å². The van der Waals surface area contributed by atoms with Crippen LogP contribution in [0.25, 0.3) is 0 Å². The van der Waals surface area contributed by atoms with Gasteiger partial charge in [-0.15, -0.1) is 0 Å². The second kappa shape index (κ2) is 8.53. The quantitative estimate of drug-likeness (QED) is 0.812. The number of nitrogens with zero attached hydrogens (tertiary/aromatic N) is 3. The van der Waals surface area contributed by atoms with Crippen molar-refractivity contribution in [3.8, 4) is 11.5 Å². The Kier molecular flexibility index (Phi) is 6.13. The van der Waals surface area contributed by atoms with E-state index >= 15 is 0 Å². The average Bonchev–Trinajstić information content (AvgIpc) is 3.14. The number of hydrogen-bond donors (Lipinski definition) is 1. The molecule has 7 nitrogen and oxygen atoms in total. The molecule has 2 aromatic rings. The van der Waals surface area contributed by atoms with Gasteiger partial charge in [0.25, 0.3) is 0 Å². The first-order valence-electron chi connectivity index (χ1n) is 8.90. The Labute approximate surface area is 154 Å². The second-order valence-corrected chi connectivity index (χ2v) is 6.28. The molecule has 7 heteroatoms. The monoisotopic (exact) mass is 361 g/mol. The molecule has 0 aliphatic carbocycles. The fourth-order valence-corrected chi connectivity index (χ4v) is 3.45. The highest BCUT2D eigenvalue weighted by Crippen LogP contribution is 2.36. The summed E-state index contributed by atoms with van der Waals surface area (Å²) in [6, 6.07) is 7.81. The minimum absolute atomic E-state index is 0.0427. The molecule has 142 valence electrons. The summed E-state index contributed by atoms with van der Waals surface area (Å²) >= 11 is 0. The Hall–Kier alpha value is -2.09. The summed E-state index contributed by atoms with van der Waals surface area (Å²) in [5, 5.41) is 14.4. The normalized spacial score (nSPS) is 20.9. The Morgan fingerprint density at radius 2 is 2.04 bits per heavy atom. The largest absolute Gasteiger partial charge is 0.493 e. The fraction of sp³-hybridized carbons (Fsp3) is 0.526. The van der Waals surface area contributed by atoms with Crippen molar-refractivity contribution in [2.45, 2.75) is 32.2 Å². The molecule has 1 aliphatic heterocycles. The van der Waals surface area contributed by atoms with E-state index in [0.717, 1.165) is 24.3 Å². The number of methoxy groups -OCH3 is 2. The first-order valence-corrected chi connectivity index (χ1v) is 8.90. The first-order chi connectivity index (χ1) is 12.7. The van der Waals surface area contributed by atoms with Crippen LogP contribution in [0, 0.1) is 0 Å². The molecule has 2 heterocycles. The van der Waals surface area contributed by atoms with E-state index in [9.17, 15) is 5.11 Å². The third-order valence-electron chi connectivity index (χ3n) is 4.77. The van der Waals surface area contributed by atoms with Gasteiger partial charge in [-0.05, 0) is 30.7 Å². The minimum Gasteiger partial charge on any atom is -0.493 e. The molecule has 0 saturated carbocycles. The van der Waals surface area contributed by atoms with Gasteiger partial charge in [0.05, 0.1) is 39.2 Å². The number of aliphatic hydroxyl groups excluding tert-OH is 1. The van der Waals surface area contributed by atoms with Crippen molar-refractivity contribution in [1.29, 1.82) is 0 Å². The van der Waals surface area contributed by atoms with Gasteiger partial charge in [0.1, 0.15) is 6.10 Å². The van der Waals surface area contributed by atoms with Crippen molar-refractivity contribution in [1.82, 2.24) is 14.7 Å². The molecule has 0 unspecified atom stereocenters. The Balaban J connectivity index is 1.90. The molecular formula is C19H27N3O4. The number of benzene rings is 1. The van der Waals surface area contributed by atoms with E-state index in [1.807, 2.05) is 35.1 Å². The van der Waals surface area contributed by atoms with Crippen molar-refractivity contribution in [2.75, 3.05) is 34.0 Å². The maximum Gasteiger partial charge on any atom is 0.161 e. The highest BCUT2D eigenvalue weighted by Gasteiger charge is 2.34. The van der Waals surface area contributed by atoms with E-state index in [-0.39, 0.29) is 18.8 Å². The zero-order valence-corrected chi connectivity index (χ0v) is 15.6. The zero-order chi connectivity index (χ0) is 18.5. The number of aromatic nitrogens is 2. The number of aryl methyl sites for hydroxylation is 1. The molecule has 0 bridgehead atoms. The lowest BCUT2D eigenvalue weighted by Gasteiger charge is -2.40. The van der Waals surface area contributed by atoms with Crippen molar-refractivity contribution in [3.05, 3.63) is 41.7 Å². The predicted octanol–water partition coefficient (Wildman–Crippen LogP) is 1.85. The van der Waals surface area contributed by atoms with Gasteiger partial charge in [0.2, 0.25) is 0 Å². The van der Waals surface area contributed by atoms with Gasteiger partial charge in [0.15, 0.2) is 11.5 Å². The van der Waals surface area contributed by atoms with Crippen LogP contribution >= 0.6 is 0 Å². The number of aliphatic hydroxyl groups is 1. The summed E-state index contributed by atoms with van der Waals surface area (Å²) in [4.78, 5) is 2.30. The lowest BCUT2D eigenvalue weighted by Crippen LogP contribution is -2.46.